The lowest BCUT2D eigenvalue weighted by atomic mass is 10.1. The highest BCUT2D eigenvalue weighted by molar-refractivity contribution is 6.28. The number of allylic oxidation sites excluding steroid dienone is 1. The first-order chi connectivity index (χ1) is 5.75. The van der Waals surface area contributed by atoms with Crippen molar-refractivity contribution in [2.75, 3.05) is 0 Å². The molecule has 1 rings (SSSR count). The molecule has 1 heterocycles. The van der Waals surface area contributed by atoms with Gasteiger partial charge in [0.25, 0.3) is 0 Å². The van der Waals surface area contributed by atoms with Crippen molar-refractivity contribution in [2.45, 2.75) is 6.92 Å². The van der Waals surface area contributed by atoms with Gasteiger partial charge in [0, 0.05) is 29.1 Å². The number of halogens is 2. The number of hydrogen-bond donors (Lipinski definition) is 0. The van der Waals surface area contributed by atoms with E-state index in [0.717, 1.165) is 0 Å². The summed E-state index contributed by atoms with van der Waals surface area (Å²) in [7, 11) is 0. The number of carbonyl (C=O) groups is 1. The minimum atomic E-state index is -0.0851. The van der Waals surface area contributed by atoms with E-state index in [2.05, 4.69) is 4.98 Å². The first kappa shape index (κ1) is 12.1. The molecule has 0 aliphatic carbocycles. The van der Waals surface area contributed by atoms with Crippen LogP contribution in [-0.4, -0.2) is 10.8 Å². The largest absolute Gasteiger partial charge is 0.289 e. The highest BCUT2D eigenvalue weighted by atomic mass is 35.5. The fraction of sp³-hybridized carbons (Fsp3) is 0.111. The second-order valence-electron chi connectivity index (χ2n) is 2.36. The third-order valence-corrected chi connectivity index (χ3v) is 1.77. The van der Waals surface area contributed by atoms with Gasteiger partial charge < -0.3 is 0 Å². The maximum Gasteiger partial charge on any atom is 0.191 e. The molecule has 0 amide bonds. The molecule has 0 spiro atoms. The minimum Gasteiger partial charge on any atom is -0.289 e. The molecule has 0 radical (unpaired) electrons. The van der Waals surface area contributed by atoms with Gasteiger partial charge in [0.15, 0.2) is 5.78 Å². The van der Waals surface area contributed by atoms with Crippen molar-refractivity contribution in [2.24, 2.45) is 0 Å². The van der Waals surface area contributed by atoms with E-state index in [1.165, 1.54) is 11.7 Å². The molecule has 0 saturated heterocycles. The molecule has 1 aromatic heterocycles. The molecule has 0 aliphatic heterocycles. The minimum absolute atomic E-state index is 0. The van der Waals surface area contributed by atoms with Crippen molar-refractivity contribution < 1.29 is 4.79 Å². The fourth-order valence-electron chi connectivity index (χ4n) is 0.774. The Bertz CT molecular complexity index is 309. The summed E-state index contributed by atoms with van der Waals surface area (Å²) >= 11 is 5.39. The molecule has 0 unspecified atom stereocenters. The van der Waals surface area contributed by atoms with Gasteiger partial charge in [-0.15, -0.1) is 12.4 Å². The highest BCUT2D eigenvalue weighted by Gasteiger charge is 2.06. The summed E-state index contributed by atoms with van der Waals surface area (Å²) in [5.74, 6) is -0.0851. The molecular formula is C9H9Cl2NO. The van der Waals surface area contributed by atoms with E-state index < -0.39 is 0 Å². The smallest absolute Gasteiger partial charge is 0.191 e. The zero-order valence-electron chi connectivity index (χ0n) is 7.03. The summed E-state index contributed by atoms with van der Waals surface area (Å²) in [5, 5.41) is 0. The van der Waals surface area contributed by atoms with Crippen molar-refractivity contribution in [1.82, 2.24) is 4.98 Å². The predicted molar refractivity (Wildman–Crippen MR) is 55.4 cm³/mol. The van der Waals surface area contributed by atoms with Crippen LogP contribution in [0.15, 0.2) is 35.6 Å². The van der Waals surface area contributed by atoms with E-state index in [4.69, 9.17) is 11.6 Å². The predicted octanol–water partition coefficient (Wildman–Crippen LogP) is 2.83. The normalized spacial score (nSPS) is 10.5. The third kappa shape index (κ3) is 3.17. The summed E-state index contributed by atoms with van der Waals surface area (Å²) in [5.41, 5.74) is 2.35. The first-order valence-electron chi connectivity index (χ1n) is 3.47. The second kappa shape index (κ2) is 5.73. The zero-order chi connectivity index (χ0) is 8.97. The molecule has 0 fully saturated rings. The van der Waals surface area contributed by atoms with E-state index in [9.17, 15) is 4.79 Å². The Morgan fingerprint density at radius 3 is 2.77 bits per heavy atom. The van der Waals surface area contributed by atoms with Gasteiger partial charge >= 0.3 is 0 Å². The lowest BCUT2D eigenvalue weighted by molar-refractivity contribution is 0.103. The average molecular weight is 218 g/mol. The van der Waals surface area contributed by atoms with Crippen LogP contribution in [0.25, 0.3) is 0 Å². The Kier molecular flexibility index (Phi) is 5.35. The van der Waals surface area contributed by atoms with Gasteiger partial charge in [-0.2, -0.15) is 0 Å². The summed E-state index contributed by atoms with van der Waals surface area (Å²) < 4.78 is 0. The van der Waals surface area contributed by atoms with Crippen molar-refractivity contribution in [3.05, 3.63) is 41.2 Å². The number of hydrogen-bond acceptors (Lipinski definition) is 2. The van der Waals surface area contributed by atoms with Crippen LogP contribution < -0.4 is 0 Å². The van der Waals surface area contributed by atoms with Gasteiger partial charge in [0.1, 0.15) is 0 Å². The molecule has 1 aromatic rings. The number of rotatable bonds is 2. The monoisotopic (exact) mass is 217 g/mol. The van der Waals surface area contributed by atoms with Gasteiger partial charge in [-0.25, -0.2) is 0 Å². The molecule has 0 saturated carbocycles. The van der Waals surface area contributed by atoms with Crippen LogP contribution in [0, 0.1) is 0 Å². The number of aromatic nitrogens is 1. The molecule has 2 nitrogen and oxygen atoms in total. The van der Waals surface area contributed by atoms with E-state index in [1.807, 2.05) is 0 Å². The standard InChI is InChI=1S/C9H8ClNO.ClH/c1-7(5-10)9(12)8-3-2-4-11-6-8;/h2-6H,1H3;1H. The Balaban J connectivity index is 0.00000144. The Hall–Kier alpha value is -0.860. The van der Waals surface area contributed by atoms with Crippen LogP contribution in [0.4, 0.5) is 0 Å². The van der Waals surface area contributed by atoms with Crippen LogP contribution in [0.5, 0.6) is 0 Å². The van der Waals surface area contributed by atoms with E-state index in [-0.39, 0.29) is 18.2 Å². The summed E-state index contributed by atoms with van der Waals surface area (Å²) in [6.07, 6.45) is 3.14. The lowest BCUT2D eigenvalue weighted by Crippen LogP contribution is -1.99. The Labute approximate surface area is 88.0 Å². The molecule has 13 heavy (non-hydrogen) atoms. The van der Waals surface area contributed by atoms with E-state index in [0.29, 0.717) is 11.1 Å². The maximum atomic E-state index is 11.4. The van der Waals surface area contributed by atoms with Crippen LogP contribution in [-0.2, 0) is 0 Å². The summed E-state index contributed by atoms with van der Waals surface area (Å²) in [6, 6.07) is 3.42. The molecule has 0 aliphatic rings. The quantitative estimate of drug-likeness (QED) is 0.564. The molecule has 0 atom stereocenters. The zero-order valence-corrected chi connectivity index (χ0v) is 8.60. The third-order valence-electron chi connectivity index (χ3n) is 1.45. The molecule has 70 valence electrons. The molecule has 4 heteroatoms. The molecular weight excluding hydrogens is 209 g/mol. The van der Waals surface area contributed by atoms with E-state index in [1.54, 1.807) is 25.3 Å². The van der Waals surface area contributed by atoms with E-state index >= 15 is 0 Å². The van der Waals surface area contributed by atoms with Crippen molar-refractivity contribution >= 4 is 29.8 Å². The first-order valence-corrected chi connectivity index (χ1v) is 3.91. The maximum absolute atomic E-state index is 11.4. The van der Waals surface area contributed by atoms with Gasteiger partial charge in [-0.1, -0.05) is 11.6 Å². The number of pyridine rings is 1. The number of ketones is 1. The average Bonchev–Trinajstić information content (AvgIpc) is 2.17. The van der Waals surface area contributed by atoms with Crippen LogP contribution in [0.3, 0.4) is 0 Å². The molecule has 0 bridgehead atoms. The highest BCUT2D eigenvalue weighted by Crippen LogP contribution is 2.06. The van der Waals surface area contributed by atoms with Gasteiger partial charge in [0.2, 0.25) is 0 Å². The number of carbonyl (C=O) groups excluding carboxylic acids is 1. The fourth-order valence-corrected chi connectivity index (χ4v) is 0.873. The number of nitrogens with zero attached hydrogens (tertiary/aromatic N) is 1. The number of Topliss-reactive ketones (excluding diaryl/α,β-unsaturated/α-hetero) is 1. The van der Waals surface area contributed by atoms with Crippen LogP contribution in [0.2, 0.25) is 0 Å². The lowest BCUT2D eigenvalue weighted by Gasteiger charge is -1.97. The second-order valence-corrected chi connectivity index (χ2v) is 2.58. The summed E-state index contributed by atoms with van der Waals surface area (Å²) in [6.45, 7) is 1.67. The topological polar surface area (TPSA) is 30.0 Å². The van der Waals surface area contributed by atoms with Crippen LogP contribution in [0.1, 0.15) is 17.3 Å². The Morgan fingerprint density at radius 1 is 1.62 bits per heavy atom. The SMILES string of the molecule is CC(=CCl)C(=O)c1cccnc1.Cl. The van der Waals surface area contributed by atoms with Crippen molar-refractivity contribution in [1.29, 1.82) is 0 Å². The van der Waals surface area contributed by atoms with Gasteiger partial charge in [0.05, 0.1) is 0 Å². The van der Waals surface area contributed by atoms with Crippen LogP contribution >= 0.6 is 24.0 Å². The van der Waals surface area contributed by atoms with Gasteiger partial charge in [-0.3, -0.25) is 9.78 Å². The Morgan fingerprint density at radius 2 is 2.31 bits per heavy atom. The van der Waals surface area contributed by atoms with Crippen molar-refractivity contribution in [3.8, 4) is 0 Å². The van der Waals surface area contributed by atoms with Gasteiger partial charge in [-0.05, 0) is 19.1 Å². The van der Waals surface area contributed by atoms with Crippen molar-refractivity contribution in [3.63, 3.8) is 0 Å². The summed E-state index contributed by atoms with van der Waals surface area (Å²) in [4.78, 5) is 15.2. The molecule has 0 N–H and O–H groups in total. The molecule has 0 aromatic carbocycles.